The van der Waals surface area contributed by atoms with E-state index in [0.717, 1.165) is 12.8 Å². The molecule has 10 heteroatoms. The number of rotatable bonds is 4. The lowest BCUT2D eigenvalue weighted by molar-refractivity contribution is 0.102. The molecule has 0 aliphatic carbocycles. The van der Waals surface area contributed by atoms with Crippen LogP contribution < -0.4 is 11.1 Å². The van der Waals surface area contributed by atoms with Gasteiger partial charge in [-0.2, -0.15) is 4.31 Å². The molecule has 2 heterocycles. The zero-order valence-corrected chi connectivity index (χ0v) is 15.4. The number of carbonyl (C=O) groups excluding carboxylic acids is 1. The zero-order valence-electron chi connectivity index (χ0n) is 13.1. The Morgan fingerprint density at radius 2 is 1.76 bits per heavy atom. The van der Waals surface area contributed by atoms with Gasteiger partial charge in [-0.05, 0) is 31.0 Å². The Balaban J connectivity index is 1.79. The normalized spacial score (nSPS) is 15.4. The predicted molar refractivity (Wildman–Crippen MR) is 97.6 cm³/mol. The number of nitrogens with two attached hydrogens (primary N) is 1. The smallest absolute Gasteiger partial charge is 0.272 e. The monoisotopic (exact) mass is 402 g/mol. The predicted octanol–water partition coefficient (Wildman–Crippen LogP) is 2.94. The fourth-order valence-electron chi connectivity index (χ4n) is 2.59. The van der Waals surface area contributed by atoms with Crippen molar-refractivity contribution in [3.05, 3.63) is 40.1 Å². The molecule has 2 aromatic rings. The van der Waals surface area contributed by atoms with Crippen molar-refractivity contribution in [2.75, 3.05) is 24.1 Å². The molecular weight excluding hydrogens is 387 g/mol. The Labute approximate surface area is 155 Å². The molecule has 1 amide bonds. The average molecular weight is 403 g/mol. The van der Waals surface area contributed by atoms with Gasteiger partial charge in [0.15, 0.2) is 0 Å². The summed E-state index contributed by atoms with van der Waals surface area (Å²) in [5.41, 5.74) is 6.34. The maximum absolute atomic E-state index is 12.5. The minimum atomic E-state index is -3.58. The molecule has 7 nitrogen and oxygen atoms in total. The summed E-state index contributed by atoms with van der Waals surface area (Å²) in [5, 5.41) is 3.03. The first kappa shape index (κ1) is 18.1. The molecule has 1 aliphatic heterocycles. The number of hydrogen-bond donors (Lipinski definition) is 3. The maximum atomic E-state index is 12.5. The molecule has 25 heavy (non-hydrogen) atoms. The number of nitrogen functional groups attached to an aromatic ring is 1. The minimum absolute atomic E-state index is 0.0629. The van der Waals surface area contributed by atoms with E-state index < -0.39 is 15.9 Å². The topological polar surface area (TPSA) is 108 Å². The third-order valence-electron chi connectivity index (χ3n) is 3.94. The first-order valence-corrected chi connectivity index (χ1v) is 9.73. The molecular formula is C15H16Cl2N4O3S. The highest BCUT2D eigenvalue weighted by atomic mass is 35.5. The molecule has 0 bridgehead atoms. The maximum Gasteiger partial charge on any atom is 0.272 e. The molecule has 0 unspecified atom stereocenters. The third kappa shape index (κ3) is 3.62. The second-order valence-corrected chi connectivity index (χ2v) is 8.42. The number of nitrogens with zero attached hydrogens (tertiary/aromatic N) is 1. The van der Waals surface area contributed by atoms with E-state index in [4.69, 9.17) is 28.9 Å². The lowest BCUT2D eigenvalue weighted by Crippen LogP contribution is -2.27. The number of aromatic amines is 1. The zero-order chi connectivity index (χ0) is 18.2. The summed E-state index contributed by atoms with van der Waals surface area (Å²) in [7, 11) is -3.58. The average Bonchev–Trinajstić information content (AvgIpc) is 3.24. The lowest BCUT2D eigenvalue weighted by atomic mass is 10.2. The summed E-state index contributed by atoms with van der Waals surface area (Å²) in [5.74, 6) is -0.514. The van der Waals surface area contributed by atoms with E-state index in [2.05, 4.69) is 10.3 Å². The standard InChI is InChI=1S/C15H16Cl2N4O3S/c16-11-5-9(6-12(17)14(11)18)20-15(22)13-7-10(8-19-13)25(23,24)21-3-1-2-4-21/h5-8,19H,1-4,18H2,(H,20,22). The van der Waals surface area contributed by atoms with Crippen LogP contribution in [0.3, 0.4) is 0 Å². The summed E-state index contributed by atoms with van der Waals surface area (Å²) < 4.78 is 26.4. The molecule has 134 valence electrons. The van der Waals surface area contributed by atoms with Crippen molar-refractivity contribution < 1.29 is 13.2 Å². The van der Waals surface area contributed by atoms with Crippen LogP contribution in [0.5, 0.6) is 0 Å². The van der Waals surface area contributed by atoms with Crippen LogP contribution in [-0.4, -0.2) is 36.7 Å². The summed E-state index contributed by atoms with van der Waals surface area (Å²) in [4.78, 5) is 15.1. The van der Waals surface area contributed by atoms with Gasteiger partial charge < -0.3 is 16.0 Å². The van der Waals surface area contributed by atoms with Gasteiger partial charge in [0.25, 0.3) is 5.91 Å². The molecule has 1 fully saturated rings. The van der Waals surface area contributed by atoms with Crippen molar-refractivity contribution >= 4 is 50.5 Å². The number of H-pyrrole nitrogens is 1. The third-order valence-corrected chi connectivity index (χ3v) is 6.44. The van der Waals surface area contributed by atoms with Crippen LogP contribution >= 0.6 is 23.2 Å². The molecule has 3 rings (SSSR count). The van der Waals surface area contributed by atoms with Crippen LogP contribution in [0.15, 0.2) is 29.3 Å². The summed E-state index contributed by atoms with van der Waals surface area (Å²) in [6.45, 7) is 0.995. The van der Waals surface area contributed by atoms with Crippen molar-refractivity contribution in [2.45, 2.75) is 17.7 Å². The molecule has 0 atom stereocenters. The molecule has 1 saturated heterocycles. The lowest BCUT2D eigenvalue weighted by Gasteiger charge is -2.13. The number of aromatic nitrogens is 1. The number of benzene rings is 1. The van der Waals surface area contributed by atoms with Gasteiger partial charge in [-0.25, -0.2) is 8.42 Å². The molecule has 0 saturated carbocycles. The fraction of sp³-hybridized carbons (Fsp3) is 0.267. The highest BCUT2D eigenvalue weighted by molar-refractivity contribution is 7.89. The van der Waals surface area contributed by atoms with Gasteiger partial charge in [0.05, 0.1) is 15.7 Å². The number of anilines is 2. The van der Waals surface area contributed by atoms with Crippen LogP contribution in [0.4, 0.5) is 11.4 Å². The second-order valence-electron chi connectivity index (χ2n) is 5.67. The van der Waals surface area contributed by atoms with Crippen LogP contribution in [0.25, 0.3) is 0 Å². The van der Waals surface area contributed by atoms with Crippen molar-refractivity contribution in [1.29, 1.82) is 0 Å². The van der Waals surface area contributed by atoms with Gasteiger partial charge in [0, 0.05) is 25.0 Å². The minimum Gasteiger partial charge on any atom is -0.396 e. The van der Waals surface area contributed by atoms with Gasteiger partial charge in [0.2, 0.25) is 10.0 Å². The van der Waals surface area contributed by atoms with Gasteiger partial charge in [-0.3, -0.25) is 4.79 Å². The number of hydrogen-bond acceptors (Lipinski definition) is 4. The molecule has 1 aliphatic rings. The number of halogens is 2. The highest BCUT2D eigenvalue weighted by Gasteiger charge is 2.28. The summed E-state index contributed by atoms with van der Waals surface area (Å²) in [6.07, 6.45) is 3.00. The van der Waals surface area contributed by atoms with E-state index in [1.165, 1.54) is 28.7 Å². The van der Waals surface area contributed by atoms with Crippen molar-refractivity contribution in [2.24, 2.45) is 0 Å². The SMILES string of the molecule is Nc1c(Cl)cc(NC(=O)c2cc(S(=O)(=O)N3CCCC3)c[nH]2)cc1Cl. The molecule has 1 aromatic heterocycles. The van der Waals surface area contributed by atoms with Gasteiger partial charge >= 0.3 is 0 Å². The number of amides is 1. The van der Waals surface area contributed by atoms with Crippen LogP contribution in [0.1, 0.15) is 23.3 Å². The van der Waals surface area contributed by atoms with Crippen LogP contribution in [-0.2, 0) is 10.0 Å². The Morgan fingerprint density at radius 1 is 1.16 bits per heavy atom. The first-order valence-electron chi connectivity index (χ1n) is 7.53. The van der Waals surface area contributed by atoms with Crippen LogP contribution in [0.2, 0.25) is 10.0 Å². The van der Waals surface area contributed by atoms with Gasteiger partial charge in [-0.15, -0.1) is 0 Å². The van der Waals surface area contributed by atoms with Gasteiger partial charge in [0.1, 0.15) is 10.6 Å². The Bertz CT molecular complexity index is 898. The first-order chi connectivity index (χ1) is 11.8. The van der Waals surface area contributed by atoms with E-state index >= 15 is 0 Å². The molecule has 4 N–H and O–H groups in total. The van der Waals surface area contributed by atoms with Crippen molar-refractivity contribution in [3.63, 3.8) is 0 Å². The summed E-state index contributed by atoms with van der Waals surface area (Å²) >= 11 is 11.9. The summed E-state index contributed by atoms with van der Waals surface area (Å²) in [6, 6.07) is 4.24. The van der Waals surface area contributed by atoms with Crippen molar-refractivity contribution in [1.82, 2.24) is 9.29 Å². The van der Waals surface area contributed by atoms with Gasteiger partial charge in [-0.1, -0.05) is 23.2 Å². The Morgan fingerprint density at radius 3 is 2.36 bits per heavy atom. The quantitative estimate of drug-likeness (QED) is 0.682. The number of nitrogens with one attached hydrogen (secondary N) is 2. The van der Waals surface area contributed by atoms with E-state index in [1.54, 1.807) is 0 Å². The van der Waals surface area contributed by atoms with Crippen molar-refractivity contribution in [3.8, 4) is 0 Å². The van der Waals surface area contributed by atoms with E-state index in [9.17, 15) is 13.2 Å². The number of carbonyl (C=O) groups is 1. The van der Waals surface area contributed by atoms with E-state index in [0.29, 0.717) is 18.8 Å². The molecule has 1 aromatic carbocycles. The highest BCUT2D eigenvalue weighted by Crippen LogP contribution is 2.31. The Hall–Kier alpha value is -1.74. The second kappa shape index (κ2) is 6.87. The Kier molecular flexibility index (Phi) is 4.97. The molecule has 0 spiro atoms. The van der Waals surface area contributed by atoms with E-state index in [-0.39, 0.29) is 26.3 Å². The van der Waals surface area contributed by atoms with E-state index in [1.807, 2.05) is 0 Å². The van der Waals surface area contributed by atoms with Crippen LogP contribution in [0, 0.1) is 0 Å². The molecule has 0 radical (unpaired) electrons. The largest absolute Gasteiger partial charge is 0.396 e. The number of sulfonamides is 1. The fourth-order valence-corrected chi connectivity index (χ4v) is 4.59.